The van der Waals surface area contributed by atoms with Gasteiger partial charge in [-0.1, -0.05) is 24.3 Å². The molecule has 0 saturated heterocycles. The summed E-state index contributed by atoms with van der Waals surface area (Å²) < 4.78 is 35.5. The lowest BCUT2D eigenvalue weighted by Crippen LogP contribution is -2.23. The predicted molar refractivity (Wildman–Crippen MR) is 89.4 cm³/mol. The zero-order chi connectivity index (χ0) is 15.9. The molecular formula is C17H20FNO2S. The Morgan fingerprint density at radius 1 is 1.23 bits per heavy atom. The summed E-state index contributed by atoms with van der Waals surface area (Å²) in [7, 11) is -2.33. The molecular weight excluding hydrogens is 301 g/mol. The van der Waals surface area contributed by atoms with E-state index >= 15 is 0 Å². The molecule has 1 aromatic carbocycles. The van der Waals surface area contributed by atoms with Gasteiger partial charge in [0.1, 0.15) is 5.83 Å². The Labute approximate surface area is 132 Å². The van der Waals surface area contributed by atoms with Gasteiger partial charge in [0.25, 0.3) is 0 Å². The van der Waals surface area contributed by atoms with Crippen molar-refractivity contribution in [2.75, 3.05) is 18.0 Å². The fourth-order valence-electron chi connectivity index (χ4n) is 2.52. The van der Waals surface area contributed by atoms with Gasteiger partial charge in [-0.05, 0) is 43.5 Å². The molecule has 0 aliphatic heterocycles. The number of anilines is 1. The second-order valence-corrected chi connectivity index (χ2v) is 6.14. The maximum absolute atomic E-state index is 13.9. The van der Waals surface area contributed by atoms with E-state index in [1.165, 1.54) is 0 Å². The second kappa shape index (κ2) is 7.94. The third-order valence-corrected chi connectivity index (χ3v) is 4.45. The van der Waals surface area contributed by atoms with Crippen LogP contribution in [0, 0.1) is 0 Å². The van der Waals surface area contributed by atoms with Crippen molar-refractivity contribution in [1.82, 2.24) is 0 Å². The van der Waals surface area contributed by atoms with Crippen LogP contribution in [0.1, 0.15) is 26.2 Å². The molecule has 5 heteroatoms. The van der Waals surface area contributed by atoms with Gasteiger partial charge in [-0.25, -0.2) is 4.39 Å². The lowest BCUT2D eigenvalue weighted by atomic mass is 10.0. The maximum Gasteiger partial charge on any atom is 0.217 e. The van der Waals surface area contributed by atoms with Crippen LogP contribution < -0.4 is 4.90 Å². The SMILES string of the molecule is CCN(CCCC1=CCC(=S(=O)=O)C=C1F)c1ccccc1. The van der Waals surface area contributed by atoms with Crippen LogP contribution in [-0.4, -0.2) is 26.4 Å². The van der Waals surface area contributed by atoms with Crippen molar-refractivity contribution >= 4 is 20.8 Å². The molecule has 0 amide bonds. The van der Waals surface area contributed by atoms with Gasteiger partial charge in [-0.2, -0.15) is 8.42 Å². The maximum atomic E-state index is 13.9. The first-order chi connectivity index (χ1) is 10.6. The van der Waals surface area contributed by atoms with Crippen LogP contribution >= 0.6 is 0 Å². The van der Waals surface area contributed by atoms with Gasteiger partial charge >= 0.3 is 0 Å². The van der Waals surface area contributed by atoms with E-state index in [0.29, 0.717) is 12.0 Å². The Kier molecular flexibility index (Phi) is 5.95. The molecule has 22 heavy (non-hydrogen) atoms. The van der Waals surface area contributed by atoms with E-state index in [1.54, 1.807) is 6.08 Å². The number of para-hydroxylation sites is 1. The highest BCUT2D eigenvalue weighted by Gasteiger charge is 2.13. The Morgan fingerprint density at radius 2 is 1.95 bits per heavy atom. The number of halogens is 1. The zero-order valence-electron chi connectivity index (χ0n) is 12.6. The van der Waals surface area contributed by atoms with Gasteiger partial charge in [0.15, 0.2) is 0 Å². The number of hydrogen-bond donors (Lipinski definition) is 0. The quantitative estimate of drug-likeness (QED) is 0.752. The molecule has 0 N–H and O–H groups in total. The van der Waals surface area contributed by atoms with Crippen LogP contribution in [0.15, 0.2) is 53.9 Å². The van der Waals surface area contributed by atoms with E-state index in [4.69, 9.17) is 0 Å². The van der Waals surface area contributed by atoms with E-state index in [0.717, 1.165) is 31.3 Å². The summed E-state index contributed by atoms with van der Waals surface area (Å²) in [4.78, 5) is 2.36. The van der Waals surface area contributed by atoms with E-state index in [-0.39, 0.29) is 11.3 Å². The van der Waals surface area contributed by atoms with Crippen molar-refractivity contribution in [3.8, 4) is 0 Å². The van der Waals surface area contributed by atoms with E-state index in [9.17, 15) is 12.8 Å². The van der Waals surface area contributed by atoms with Crippen molar-refractivity contribution in [2.24, 2.45) is 0 Å². The highest BCUT2D eigenvalue weighted by atomic mass is 32.2. The Balaban J connectivity index is 1.92. The smallest absolute Gasteiger partial charge is 0.217 e. The Hall–Kier alpha value is -1.88. The average molecular weight is 321 g/mol. The molecule has 0 saturated carbocycles. The molecule has 2 rings (SSSR count). The van der Waals surface area contributed by atoms with Crippen LogP contribution in [0.3, 0.4) is 0 Å². The third-order valence-electron chi connectivity index (χ3n) is 3.74. The highest BCUT2D eigenvalue weighted by Crippen LogP contribution is 2.23. The van der Waals surface area contributed by atoms with Gasteiger partial charge < -0.3 is 4.90 Å². The minimum Gasteiger partial charge on any atom is -0.372 e. The Bertz CT molecular complexity index is 697. The van der Waals surface area contributed by atoms with Crippen LogP contribution in [-0.2, 0) is 10.3 Å². The van der Waals surface area contributed by atoms with Gasteiger partial charge in [0.05, 0.1) is 4.86 Å². The fourth-order valence-corrected chi connectivity index (χ4v) is 2.94. The molecule has 0 heterocycles. The van der Waals surface area contributed by atoms with Gasteiger partial charge in [-0.3, -0.25) is 0 Å². The molecule has 0 aromatic heterocycles. The second-order valence-electron chi connectivity index (χ2n) is 5.15. The van der Waals surface area contributed by atoms with Gasteiger partial charge in [-0.15, -0.1) is 0 Å². The molecule has 0 fully saturated rings. The van der Waals surface area contributed by atoms with Crippen molar-refractivity contribution in [3.05, 3.63) is 53.9 Å². The summed E-state index contributed by atoms with van der Waals surface area (Å²) in [6.07, 6.45) is 4.54. The summed E-state index contributed by atoms with van der Waals surface area (Å²) in [6.45, 7) is 3.84. The first-order valence-electron chi connectivity index (χ1n) is 7.43. The van der Waals surface area contributed by atoms with Crippen LogP contribution in [0.2, 0.25) is 0 Å². The molecule has 118 valence electrons. The molecule has 1 aliphatic carbocycles. The molecule has 0 radical (unpaired) electrons. The molecule has 0 unspecified atom stereocenters. The van der Waals surface area contributed by atoms with Crippen molar-refractivity contribution in [3.63, 3.8) is 0 Å². The van der Waals surface area contributed by atoms with Crippen LogP contribution in [0.4, 0.5) is 10.1 Å². The molecule has 1 aromatic rings. The number of nitrogens with zero attached hydrogens (tertiary/aromatic N) is 1. The van der Waals surface area contributed by atoms with Crippen LogP contribution in [0.25, 0.3) is 0 Å². The third kappa shape index (κ3) is 4.31. The molecule has 0 spiro atoms. The predicted octanol–water partition coefficient (Wildman–Crippen LogP) is 3.53. The van der Waals surface area contributed by atoms with Crippen molar-refractivity contribution < 1.29 is 12.8 Å². The lowest BCUT2D eigenvalue weighted by Gasteiger charge is -2.23. The first kappa shape index (κ1) is 16.5. The molecule has 1 aliphatic rings. The highest BCUT2D eigenvalue weighted by molar-refractivity contribution is 7.73. The minimum atomic E-state index is -2.33. The van der Waals surface area contributed by atoms with Gasteiger partial charge in [0, 0.05) is 25.2 Å². The lowest BCUT2D eigenvalue weighted by molar-refractivity contribution is 0.622. The topological polar surface area (TPSA) is 37.4 Å². The summed E-state index contributed by atoms with van der Waals surface area (Å²) in [5.74, 6) is -0.423. The average Bonchev–Trinajstić information content (AvgIpc) is 2.53. The fraction of sp³-hybridized carbons (Fsp3) is 0.353. The number of benzene rings is 1. The standard InChI is InChI=1S/C17H20FNO2S/c1-2-19(15-8-4-3-5-9-15)12-6-7-14-10-11-16(22(20)21)13-17(14)18/h3-5,8-10,13H,2,6-7,11-12H2,1H3. The van der Waals surface area contributed by atoms with E-state index < -0.39 is 16.1 Å². The number of hydrogen-bond acceptors (Lipinski definition) is 3. The monoisotopic (exact) mass is 321 g/mol. The molecule has 3 nitrogen and oxygen atoms in total. The van der Waals surface area contributed by atoms with Crippen molar-refractivity contribution in [1.29, 1.82) is 0 Å². The largest absolute Gasteiger partial charge is 0.372 e. The zero-order valence-corrected chi connectivity index (χ0v) is 13.4. The first-order valence-corrected chi connectivity index (χ1v) is 8.51. The summed E-state index contributed by atoms with van der Waals surface area (Å²) in [5.41, 5.74) is 1.77. The number of rotatable bonds is 6. The van der Waals surface area contributed by atoms with Gasteiger partial charge in [0.2, 0.25) is 10.3 Å². The molecule has 0 atom stereocenters. The van der Waals surface area contributed by atoms with E-state index in [2.05, 4.69) is 24.0 Å². The minimum absolute atomic E-state index is 0.112. The van der Waals surface area contributed by atoms with Crippen molar-refractivity contribution in [2.45, 2.75) is 26.2 Å². The summed E-state index contributed by atoms with van der Waals surface area (Å²) >= 11 is 0. The van der Waals surface area contributed by atoms with E-state index in [1.807, 2.05) is 18.2 Å². The summed E-state index contributed by atoms with van der Waals surface area (Å²) in [5, 5.41) is 0. The molecule has 0 bridgehead atoms. The number of allylic oxidation sites excluding steroid dienone is 4. The summed E-state index contributed by atoms with van der Waals surface area (Å²) in [6, 6.07) is 10.1. The normalized spacial score (nSPS) is 14.4. The van der Waals surface area contributed by atoms with Crippen LogP contribution in [0.5, 0.6) is 0 Å². The Morgan fingerprint density at radius 3 is 2.55 bits per heavy atom.